The summed E-state index contributed by atoms with van der Waals surface area (Å²) in [7, 11) is 0. The number of nitrogens with one attached hydrogen (secondary N) is 1. The molecule has 7 rings (SSSR count). The molecule has 176 valence electrons. The molecular formula is C26H25N7O2. The van der Waals surface area contributed by atoms with Gasteiger partial charge in [-0.2, -0.15) is 0 Å². The maximum atomic E-state index is 5.98. The third-order valence-electron chi connectivity index (χ3n) is 6.56. The van der Waals surface area contributed by atoms with E-state index in [2.05, 4.69) is 55.0 Å². The Kier molecular flexibility index (Phi) is 4.80. The van der Waals surface area contributed by atoms with Crippen molar-refractivity contribution in [1.29, 1.82) is 0 Å². The smallest absolute Gasteiger partial charge is 0.216 e. The highest BCUT2D eigenvalue weighted by Crippen LogP contribution is 2.37. The van der Waals surface area contributed by atoms with E-state index >= 15 is 0 Å². The standard InChI is InChI=1S/C26H25N7O2/c1-2-8-21-20(7-1)29-26-32-17-31(15-19-6-3-4-11-27-19)16-28-25(32)30-24(33(21)26)18-9-10-22-23(14-18)35-13-5-12-34-22/h1-4,6-11,14,24H,5,12-13,15-17H2,(H,28,30). The highest BCUT2D eigenvalue weighted by Gasteiger charge is 2.36. The van der Waals surface area contributed by atoms with Gasteiger partial charge in [0.1, 0.15) is 6.17 Å². The van der Waals surface area contributed by atoms with Crippen molar-refractivity contribution in [2.24, 2.45) is 4.99 Å². The van der Waals surface area contributed by atoms with Crippen LogP contribution in [0.1, 0.15) is 23.8 Å². The van der Waals surface area contributed by atoms with Crippen molar-refractivity contribution < 1.29 is 9.47 Å². The molecule has 1 N–H and O–H groups in total. The SMILES string of the molecule is c1ccc(CN2CN=C3NC(c4ccc5c(c4)OCCCO5)n4c(nc5ccccc54)N3C2)nc1. The number of anilines is 1. The highest BCUT2D eigenvalue weighted by atomic mass is 16.5. The Morgan fingerprint density at radius 1 is 0.971 bits per heavy atom. The molecule has 0 saturated heterocycles. The molecule has 2 aromatic carbocycles. The predicted molar refractivity (Wildman–Crippen MR) is 132 cm³/mol. The van der Waals surface area contributed by atoms with E-state index in [1.807, 2.05) is 36.5 Å². The number of para-hydroxylation sites is 2. The summed E-state index contributed by atoms with van der Waals surface area (Å²) < 4.78 is 14.1. The third-order valence-corrected chi connectivity index (χ3v) is 6.56. The minimum absolute atomic E-state index is 0.174. The summed E-state index contributed by atoms with van der Waals surface area (Å²) in [6.45, 7) is 3.30. The molecule has 3 aliphatic rings. The number of fused-ring (bicyclic) bond motifs is 6. The molecular weight excluding hydrogens is 442 g/mol. The lowest BCUT2D eigenvalue weighted by Crippen LogP contribution is -2.57. The van der Waals surface area contributed by atoms with E-state index in [1.165, 1.54) is 0 Å². The lowest BCUT2D eigenvalue weighted by Gasteiger charge is -2.41. The number of hydrogen-bond acceptors (Lipinski definition) is 8. The molecule has 4 aromatic rings. The molecule has 0 aliphatic carbocycles. The zero-order valence-corrected chi connectivity index (χ0v) is 19.2. The monoisotopic (exact) mass is 467 g/mol. The normalized spacial score (nSPS) is 19.4. The summed E-state index contributed by atoms with van der Waals surface area (Å²) in [6, 6.07) is 20.4. The number of imidazole rings is 1. The Morgan fingerprint density at radius 2 is 1.86 bits per heavy atom. The first kappa shape index (κ1) is 20.3. The predicted octanol–water partition coefficient (Wildman–Crippen LogP) is 3.34. The quantitative estimate of drug-likeness (QED) is 0.495. The molecule has 0 fully saturated rings. The van der Waals surface area contributed by atoms with Gasteiger partial charge < -0.3 is 14.8 Å². The van der Waals surface area contributed by atoms with Gasteiger partial charge in [-0.3, -0.25) is 19.4 Å². The van der Waals surface area contributed by atoms with Crippen molar-refractivity contribution in [2.45, 2.75) is 19.1 Å². The number of pyridine rings is 1. The van der Waals surface area contributed by atoms with E-state index in [0.29, 0.717) is 26.6 Å². The second-order valence-corrected chi connectivity index (χ2v) is 8.92. The summed E-state index contributed by atoms with van der Waals surface area (Å²) in [5.41, 5.74) is 4.10. The minimum Gasteiger partial charge on any atom is -0.490 e. The zero-order valence-electron chi connectivity index (χ0n) is 19.2. The molecule has 0 saturated carbocycles. The number of benzene rings is 2. The fourth-order valence-corrected chi connectivity index (χ4v) is 4.91. The summed E-state index contributed by atoms with van der Waals surface area (Å²) in [5.74, 6) is 3.26. The second-order valence-electron chi connectivity index (χ2n) is 8.92. The van der Waals surface area contributed by atoms with Gasteiger partial charge in [-0.05, 0) is 42.0 Å². The molecule has 0 radical (unpaired) electrons. The molecule has 1 atom stereocenters. The van der Waals surface area contributed by atoms with Crippen LogP contribution in [0.5, 0.6) is 11.5 Å². The van der Waals surface area contributed by atoms with Crippen LogP contribution in [0, 0.1) is 0 Å². The van der Waals surface area contributed by atoms with E-state index in [4.69, 9.17) is 19.5 Å². The van der Waals surface area contributed by atoms with Crippen molar-refractivity contribution in [2.75, 3.05) is 31.5 Å². The zero-order chi connectivity index (χ0) is 23.2. The number of guanidine groups is 1. The number of nitrogens with zero attached hydrogens (tertiary/aromatic N) is 6. The molecule has 0 spiro atoms. The van der Waals surface area contributed by atoms with Crippen LogP contribution in [0.15, 0.2) is 71.9 Å². The van der Waals surface area contributed by atoms with Crippen LogP contribution < -0.4 is 19.7 Å². The van der Waals surface area contributed by atoms with Crippen LogP contribution in [0.4, 0.5) is 5.95 Å². The average Bonchev–Trinajstić information content (AvgIpc) is 3.13. The number of aliphatic imine (C=N–C) groups is 1. The molecule has 9 heteroatoms. The van der Waals surface area contributed by atoms with E-state index in [1.54, 1.807) is 0 Å². The Balaban J connectivity index is 1.29. The van der Waals surface area contributed by atoms with Gasteiger partial charge in [-0.15, -0.1) is 0 Å². The first-order valence-corrected chi connectivity index (χ1v) is 11.9. The minimum atomic E-state index is -0.174. The van der Waals surface area contributed by atoms with Gasteiger partial charge in [-0.25, -0.2) is 9.98 Å². The number of hydrogen-bond donors (Lipinski definition) is 1. The molecule has 35 heavy (non-hydrogen) atoms. The summed E-state index contributed by atoms with van der Waals surface area (Å²) in [4.78, 5) is 18.8. The van der Waals surface area contributed by atoms with Crippen LogP contribution in [0.25, 0.3) is 11.0 Å². The van der Waals surface area contributed by atoms with E-state index < -0.39 is 0 Å². The van der Waals surface area contributed by atoms with E-state index in [0.717, 1.165) is 58.7 Å². The molecule has 1 unspecified atom stereocenters. The molecule has 0 bridgehead atoms. The van der Waals surface area contributed by atoms with Gasteiger partial charge in [0.15, 0.2) is 11.5 Å². The fraction of sp³-hybridized carbons (Fsp3) is 0.269. The largest absolute Gasteiger partial charge is 0.490 e. The third kappa shape index (κ3) is 3.55. The summed E-state index contributed by atoms with van der Waals surface area (Å²) in [5, 5.41) is 3.67. The van der Waals surface area contributed by atoms with Crippen molar-refractivity contribution in [1.82, 2.24) is 24.8 Å². The Labute approximate surface area is 202 Å². The van der Waals surface area contributed by atoms with E-state index in [9.17, 15) is 0 Å². The van der Waals surface area contributed by atoms with Gasteiger partial charge in [0.25, 0.3) is 0 Å². The van der Waals surface area contributed by atoms with E-state index in [-0.39, 0.29) is 6.17 Å². The lowest BCUT2D eigenvalue weighted by molar-refractivity contribution is 0.261. The van der Waals surface area contributed by atoms with Gasteiger partial charge in [0.05, 0.1) is 43.3 Å². The van der Waals surface area contributed by atoms with Crippen LogP contribution in [0.3, 0.4) is 0 Å². The Bertz CT molecular complexity index is 1420. The van der Waals surface area contributed by atoms with Crippen molar-refractivity contribution in [3.8, 4) is 11.5 Å². The first-order chi connectivity index (χ1) is 17.3. The number of aromatic nitrogens is 3. The van der Waals surface area contributed by atoms with Gasteiger partial charge in [-0.1, -0.05) is 24.3 Å². The van der Waals surface area contributed by atoms with Gasteiger partial charge in [0, 0.05) is 19.2 Å². The van der Waals surface area contributed by atoms with Gasteiger partial charge >= 0.3 is 0 Å². The topological polar surface area (TPSA) is 80.0 Å². The fourth-order valence-electron chi connectivity index (χ4n) is 4.91. The first-order valence-electron chi connectivity index (χ1n) is 11.9. The maximum Gasteiger partial charge on any atom is 0.216 e. The molecule has 9 nitrogen and oxygen atoms in total. The second kappa shape index (κ2) is 8.28. The molecule has 0 amide bonds. The number of ether oxygens (including phenoxy) is 2. The Hall–Kier alpha value is -4.11. The van der Waals surface area contributed by atoms with Crippen LogP contribution in [-0.4, -0.2) is 51.9 Å². The highest BCUT2D eigenvalue weighted by molar-refractivity contribution is 5.98. The maximum absolute atomic E-state index is 5.98. The molecule has 5 heterocycles. The van der Waals surface area contributed by atoms with Crippen molar-refractivity contribution in [3.05, 3.63) is 78.1 Å². The van der Waals surface area contributed by atoms with Crippen LogP contribution in [-0.2, 0) is 6.54 Å². The summed E-state index contributed by atoms with van der Waals surface area (Å²) in [6.07, 6.45) is 2.53. The average molecular weight is 468 g/mol. The summed E-state index contributed by atoms with van der Waals surface area (Å²) >= 11 is 0. The van der Waals surface area contributed by atoms with Crippen molar-refractivity contribution >= 4 is 22.9 Å². The van der Waals surface area contributed by atoms with Crippen molar-refractivity contribution in [3.63, 3.8) is 0 Å². The van der Waals surface area contributed by atoms with Crippen LogP contribution in [0.2, 0.25) is 0 Å². The molecule has 3 aliphatic heterocycles. The Morgan fingerprint density at radius 3 is 2.77 bits per heavy atom. The number of rotatable bonds is 3. The lowest BCUT2D eigenvalue weighted by atomic mass is 10.1. The van der Waals surface area contributed by atoms with Crippen LogP contribution >= 0.6 is 0 Å². The molecule has 2 aromatic heterocycles. The van der Waals surface area contributed by atoms with Gasteiger partial charge in [0.2, 0.25) is 11.9 Å².